The van der Waals surface area contributed by atoms with E-state index in [0.717, 1.165) is 21.4 Å². The normalized spacial score (nSPS) is 12.2. The summed E-state index contributed by atoms with van der Waals surface area (Å²) in [6.45, 7) is 5.57. The third kappa shape index (κ3) is 3.49. The van der Waals surface area contributed by atoms with Crippen LogP contribution in [0.2, 0.25) is 0 Å². The number of nitrogens with zero attached hydrogens (tertiary/aromatic N) is 2. The van der Waals surface area contributed by atoms with Crippen LogP contribution >= 0.6 is 23.3 Å². The number of aryl methyl sites for hydroxylation is 1. The number of aromatic nitrogens is 2. The molecule has 1 unspecified atom stereocenters. The molecule has 0 aliphatic carbocycles. The standard InChI is InChI=1S/C13H16N4OS2/c1-7-10(14)5-4-6-11(7)16-12(18)8(2)19-13-15-9(3)17-20-13/h4-6,8H,14H2,1-3H3,(H,16,18). The first-order valence-electron chi connectivity index (χ1n) is 6.10. The molecular formula is C13H16N4OS2. The van der Waals surface area contributed by atoms with Gasteiger partial charge in [0.1, 0.15) is 5.82 Å². The van der Waals surface area contributed by atoms with Crippen molar-refractivity contribution in [3.05, 3.63) is 29.6 Å². The number of thioether (sulfide) groups is 1. The molecule has 0 fully saturated rings. The van der Waals surface area contributed by atoms with Crippen molar-refractivity contribution in [2.24, 2.45) is 0 Å². The van der Waals surface area contributed by atoms with Gasteiger partial charge in [-0.15, -0.1) is 0 Å². The van der Waals surface area contributed by atoms with E-state index in [9.17, 15) is 4.79 Å². The van der Waals surface area contributed by atoms with E-state index < -0.39 is 0 Å². The van der Waals surface area contributed by atoms with Crippen LogP contribution in [-0.4, -0.2) is 20.5 Å². The molecule has 0 bridgehead atoms. The Bertz CT molecular complexity index is 627. The molecule has 1 heterocycles. The Hall–Kier alpha value is -1.60. The highest BCUT2D eigenvalue weighted by atomic mass is 32.2. The number of amides is 1. The predicted octanol–water partition coefficient (Wildman–Crippen LogP) is 2.86. The van der Waals surface area contributed by atoms with E-state index in [1.54, 1.807) is 0 Å². The van der Waals surface area contributed by atoms with Crippen LogP contribution in [0.4, 0.5) is 11.4 Å². The van der Waals surface area contributed by atoms with Crippen molar-refractivity contribution in [1.29, 1.82) is 0 Å². The highest BCUT2D eigenvalue weighted by molar-refractivity contribution is 8.02. The van der Waals surface area contributed by atoms with E-state index in [2.05, 4.69) is 14.7 Å². The average molecular weight is 308 g/mol. The Morgan fingerprint density at radius 1 is 1.45 bits per heavy atom. The van der Waals surface area contributed by atoms with Crippen LogP contribution in [0.1, 0.15) is 18.3 Å². The monoisotopic (exact) mass is 308 g/mol. The summed E-state index contributed by atoms with van der Waals surface area (Å²) in [5.41, 5.74) is 8.12. The van der Waals surface area contributed by atoms with Crippen LogP contribution in [-0.2, 0) is 4.79 Å². The molecule has 2 aromatic rings. The number of nitrogens with one attached hydrogen (secondary N) is 1. The minimum Gasteiger partial charge on any atom is -0.398 e. The summed E-state index contributed by atoms with van der Waals surface area (Å²) < 4.78 is 4.90. The lowest BCUT2D eigenvalue weighted by Gasteiger charge is -2.13. The van der Waals surface area contributed by atoms with Crippen LogP contribution in [0.5, 0.6) is 0 Å². The first-order valence-corrected chi connectivity index (χ1v) is 7.75. The van der Waals surface area contributed by atoms with Crippen molar-refractivity contribution in [2.75, 3.05) is 11.1 Å². The summed E-state index contributed by atoms with van der Waals surface area (Å²) in [5.74, 6) is 0.660. The van der Waals surface area contributed by atoms with E-state index in [1.165, 1.54) is 23.3 Å². The Kier molecular flexibility index (Phi) is 4.61. The number of carbonyl (C=O) groups is 1. The quantitative estimate of drug-likeness (QED) is 0.670. The number of hydrogen-bond donors (Lipinski definition) is 2. The molecule has 1 aromatic carbocycles. The zero-order chi connectivity index (χ0) is 14.7. The van der Waals surface area contributed by atoms with E-state index in [4.69, 9.17) is 5.73 Å². The lowest BCUT2D eigenvalue weighted by molar-refractivity contribution is -0.115. The van der Waals surface area contributed by atoms with Gasteiger partial charge in [-0.1, -0.05) is 17.8 Å². The van der Waals surface area contributed by atoms with E-state index in [1.807, 2.05) is 39.0 Å². The number of nitrogen functional groups attached to an aromatic ring is 1. The van der Waals surface area contributed by atoms with Crippen LogP contribution in [0.3, 0.4) is 0 Å². The fourth-order valence-electron chi connectivity index (χ4n) is 1.55. The van der Waals surface area contributed by atoms with Gasteiger partial charge in [0.05, 0.1) is 5.25 Å². The lowest BCUT2D eigenvalue weighted by Crippen LogP contribution is -2.22. The largest absolute Gasteiger partial charge is 0.398 e. The fourth-order valence-corrected chi connectivity index (χ4v) is 3.35. The Labute approximate surface area is 126 Å². The number of nitrogens with two attached hydrogens (primary N) is 1. The van der Waals surface area contributed by atoms with Gasteiger partial charge in [-0.2, -0.15) is 4.37 Å². The number of carbonyl (C=O) groups excluding carboxylic acids is 1. The maximum Gasteiger partial charge on any atom is 0.237 e. The summed E-state index contributed by atoms with van der Waals surface area (Å²) >= 11 is 2.71. The Morgan fingerprint density at radius 3 is 2.85 bits per heavy atom. The molecule has 1 atom stereocenters. The SMILES string of the molecule is Cc1nsc(SC(C)C(=O)Nc2cccc(N)c2C)n1. The van der Waals surface area contributed by atoms with Crippen LogP contribution < -0.4 is 11.1 Å². The van der Waals surface area contributed by atoms with Gasteiger partial charge in [0.15, 0.2) is 4.34 Å². The Morgan fingerprint density at radius 2 is 2.20 bits per heavy atom. The van der Waals surface area contributed by atoms with Crippen LogP contribution in [0, 0.1) is 13.8 Å². The second-order valence-electron chi connectivity index (χ2n) is 4.38. The lowest BCUT2D eigenvalue weighted by atomic mass is 10.1. The number of hydrogen-bond acceptors (Lipinski definition) is 6. The van der Waals surface area contributed by atoms with E-state index >= 15 is 0 Å². The molecule has 1 aromatic heterocycles. The van der Waals surface area contributed by atoms with Crippen molar-refractivity contribution in [1.82, 2.24) is 9.36 Å². The van der Waals surface area contributed by atoms with Gasteiger partial charge >= 0.3 is 0 Å². The number of anilines is 2. The molecule has 20 heavy (non-hydrogen) atoms. The average Bonchev–Trinajstić information content (AvgIpc) is 2.80. The molecular weight excluding hydrogens is 292 g/mol. The molecule has 3 N–H and O–H groups in total. The molecule has 0 aliphatic heterocycles. The molecule has 0 radical (unpaired) electrons. The molecule has 0 aliphatic rings. The van der Waals surface area contributed by atoms with Crippen LogP contribution in [0.25, 0.3) is 0 Å². The second-order valence-corrected chi connectivity index (χ2v) is 6.72. The fraction of sp³-hybridized carbons (Fsp3) is 0.308. The van der Waals surface area contributed by atoms with E-state index in [0.29, 0.717) is 5.69 Å². The van der Waals surface area contributed by atoms with Gasteiger partial charge in [0.25, 0.3) is 0 Å². The summed E-state index contributed by atoms with van der Waals surface area (Å²) in [4.78, 5) is 16.4. The third-order valence-electron chi connectivity index (χ3n) is 2.79. The van der Waals surface area contributed by atoms with E-state index in [-0.39, 0.29) is 11.2 Å². The highest BCUT2D eigenvalue weighted by Gasteiger charge is 2.17. The van der Waals surface area contributed by atoms with Crippen molar-refractivity contribution >= 4 is 40.6 Å². The second kappa shape index (κ2) is 6.23. The zero-order valence-corrected chi connectivity index (χ0v) is 13.1. The van der Waals surface area contributed by atoms with Crippen molar-refractivity contribution in [3.8, 4) is 0 Å². The molecule has 0 saturated heterocycles. The van der Waals surface area contributed by atoms with Gasteiger partial charge in [0, 0.05) is 11.4 Å². The molecule has 1 amide bonds. The number of benzene rings is 1. The zero-order valence-electron chi connectivity index (χ0n) is 11.5. The first-order chi connectivity index (χ1) is 9.47. The maximum absolute atomic E-state index is 12.2. The molecule has 106 valence electrons. The molecule has 0 saturated carbocycles. The molecule has 5 nitrogen and oxygen atoms in total. The van der Waals surface area contributed by atoms with Gasteiger partial charge in [-0.05, 0) is 50.0 Å². The summed E-state index contributed by atoms with van der Waals surface area (Å²) in [5, 5.41) is 2.65. The minimum absolute atomic E-state index is 0.0726. The first kappa shape index (κ1) is 14.8. The van der Waals surface area contributed by atoms with Gasteiger partial charge in [-0.3, -0.25) is 4.79 Å². The predicted molar refractivity (Wildman–Crippen MR) is 84.2 cm³/mol. The summed E-state index contributed by atoms with van der Waals surface area (Å²) in [7, 11) is 0. The smallest absolute Gasteiger partial charge is 0.237 e. The van der Waals surface area contributed by atoms with Crippen LogP contribution in [0.15, 0.2) is 22.5 Å². The van der Waals surface area contributed by atoms with Gasteiger partial charge in [-0.25, -0.2) is 4.98 Å². The highest BCUT2D eigenvalue weighted by Crippen LogP contribution is 2.27. The molecule has 2 rings (SSSR count). The summed E-state index contributed by atoms with van der Waals surface area (Å²) in [6.07, 6.45) is 0. The van der Waals surface area contributed by atoms with Gasteiger partial charge < -0.3 is 11.1 Å². The van der Waals surface area contributed by atoms with Crippen molar-refractivity contribution in [3.63, 3.8) is 0 Å². The summed E-state index contributed by atoms with van der Waals surface area (Å²) in [6, 6.07) is 5.48. The maximum atomic E-state index is 12.2. The van der Waals surface area contributed by atoms with Crippen molar-refractivity contribution < 1.29 is 4.79 Å². The number of rotatable bonds is 4. The molecule has 0 spiro atoms. The van der Waals surface area contributed by atoms with Gasteiger partial charge in [0.2, 0.25) is 5.91 Å². The Balaban J connectivity index is 2.02. The third-order valence-corrected chi connectivity index (χ3v) is 4.77. The topological polar surface area (TPSA) is 80.9 Å². The minimum atomic E-state index is -0.247. The van der Waals surface area contributed by atoms with Crippen molar-refractivity contribution in [2.45, 2.75) is 30.4 Å². The molecule has 7 heteroatoms.